The summed E-state index contributed by atoms with van der Waals surface area (Å²) in [5.74, 6) is -0.692. The van der Waals surface area contributed by atoms with Crippen LogP contribution in [0.1, 0.15) is 22.0 Å². The summed E-state index contributed by atoms with van der Waals surface area (Å²) in [5, 5.41) is 19.9. The Bertz CT molecular complexity index is 480. The lowest BCUT2D eigenvalue weighted by atomic mass is 10.0. The number of para-hydroxylation sites is 1. The van der Waals surface area contributed by atoms with Crippen molar-refractivity contribution < 1.29 is 24.3 Å². The fourth-order valence-electron chi connectivity index (χ4n) is 1.85. The van der Waals surface area contributed by atoms with Crippen molar-refractivity contribution in [3.05, 3.63) is 39.4 Å². The molecule has 1 heterocycles. The molecule has 1 atom stereocenters. The first kappa shape index (κ1) is 12.6. The molecule has 0 aromatic heterocycles. The van der Waals surface area contributed by atoms with Gasteiger partial charge in [0.25, 0.3) is 5.69 Å². The molecule has 0 amide bonds. The molecule has 18 heavy (non-hydrogen) atoms. The Hall–Kier alpha value is -1.83. The molecular weight excluding hydrogens is 242 g/mol. The average molecular weight is 253 g/mol. The van der Waals surface area contributed by atoms with Gasteiger partial charge in [-0.05, 0) is 12.1 Å². The Kier molecular flexibility index (Phi) is 3.66. The third kappa shape index (κ3) is 2.23. The van der Waals surface area contributed by atoms with Gasteiger partial charge in [-0.2, -0.15) is 0 Å². The highest BCUT2D eigenvalue weighted by Crippen LogP contribution is 2.33. The molecule has 1 N–H and O–H groups in total. The highest BCUT2D eigenvalue weighted by atomic mass is 16.7. The van der Waals surface area contributed by atoms with Crippen molar-refractivity contribution in [3.63, 3.8) is 0 Å². The van der Waals surface area contributed by atoms with E-state index in [1.807, 2.05) is 0 Å². The molecule has 1 unspecified atom stereocenters. The van der Waals surface area contributed by atoms with E-state index in [-0.39, 0.29) is 30.2 Å². The summed E-state index contributed by atoms with van der Waals surface area (Å²) in [6.45, 7) is -0.496. The summed E-state index contributed by atoms with van der Waals surface area (Å²) in [7, 11) is 0. The summed E-state index contributed by atoms with van der Waals surface area (Å²) >= 11 is 0. The highest BCUT2D eigenvalue weighted by Gasteiger charge is 2.30. The predicted octanol–water partition coefficient (Wildman–Crippen LogP) is 0.815. The molecule has 1 fully saturated rings. The molecule has 0 saturated carbocycles. The Morgan fingerprint density at radius 3 is 2.89 bits per heavy atom. The summed E-state index contributed by atoms with van der Waals surface area (Å²) in [6, 6.07) is 4.36. The predicted molar refractivity (Wildman–Crippen MR) is 59.2 cm³/mol. The minimum absolute atomic E-state index is 0.0694. The lowest BCUT2D eigenvalue weighted by Crippen LogP contribution is -2.12. The van der Waals surface area contributed by atoms with Gasteiger partial charge >= 0.3 is 0 Å². The van der Waals surface area contributed by atoms with Gasteiger partial charge in [-0.3, -0.25) is 14.9 Å². The van der Waals surface area contributed by atoms with E-state index in [2.05, 4.69) is 0 Å². The summed E-state index contributed by atoms with van der Waals surface area (Å²) in [6.07, 6.45) is -0.558. The number of nitrogens with zero attached hydrogens (tertiary/aromatic N) is 1. The van der Waals surface area contributed by atoms with Crippen LogP contribution in [-0.2, 0) is 9.47 Å². The van der Waals surface area contributed by atoms with Crippen LogP contribution in [0.15, 0.2) is 18.2 Å². The van der Waals surface area contributed by atoms with Gasteiger partial charge in [-0.15, -0.1) is 0 Å². The number of benzene rings is 1. The minimum atomic E-state index is -0.772. The van der Waals surface area contributed by atoms with E-state index < -0.39 is 23.4 Å². The van der Waals surface area contributed by atoms with Gasteiger partial charge in [0.15, 0.2) is 5.78 Å². The molecule has 1 aromatic rings. The van der Waals surface area contributed by atoms with E-state index in [0.29, 0.717) is 0 Å². The number of carbonyl (C=O) groups is 1. The molecule has 0 bridgehead atoms. The van der Waals surface area contributed by atoms with Crippen LogP contribution in [0.3, 0.4) is 0 Å². The number of hydrogen-bond donors (Lipinski definition) is 1. The largest absolute Gasteiger partial charge is 0.388 e. The first-order chi connectivity index (χ1) is 8.65. The molecule has 0 spiro atoms. The second-order valence-electron chi connectivity index (χ2n) is 3.73. The van der Waals surface area contributed by atoms with Gasteiger partial charge < -0.3 is 14.6 Å². The van der Waals surface area contributed by atoms with Crippen LogP contribution in [0.5, 0.6) is 0 Å². The van der Waals surface area contributed by atoms with Crippen LogP contribution in [0.2, 0.25) is 0 Å². The molecule has 1 aliphatic rings. The Labute approximate surface area is 102 Å². The molecule has 2 rings (SSSR count). The fraction of sp³-hybridized carbons (Fsp3) is 0.364. The van der Waals surface area contributed by atoms with Crippen molar-refractivity contribution in [2.75, 3.05) is 20.0 Å². The first-order valence-corrected chi connectivity index (χ1v) is 5.26. The third-order valence-electron chi connectivity index (χ3n) is 2.66. The van der Waals surface area contributed by atoms with Gasteiger partial charge in [0.1, 0.15) is 19.5 Å². The van der Waals surface area contributed by atoms with Crippen molar-refractivity contribution in [2.24, 2.45) is 0 Å². The molecule has 0 aliphatic carbocycles. The second kappa shape index (κ2) is 5.21. The summed E-state index contributed by atoms with van der Waals surface area (Å²) in [5.41, 5.74) is -0.153. The first-order valence-electron chi connectivity index (χ1n) is 5.26. The number of hydrogen-bond acceptors (Lipinski definition) is 6. The zero-order valence-electron chi connectivity index (χ0n) is 9.37. The van der Waals surface area contributed by atoms with Gasteiger partial charge in [0.05, 0.1) is 22.7 Å². The molecule has 7 nitrogen and oxygen atoms in total. The number of nitro groups is 1. The molecule has 96 valence electrons. The number of ketones is 1. The van der Waals surface area contributed by atoms with Crippen molar-refractivity contribution in [1.82, 2.24) is 0 Å². The molecule has 1 saturated heterocycles. The van der Waals surface area contributed by atoms with Crippen LogP contribution in [0, 0.1) is 10.1 Å². The maximum absolute atomic E-state index is 11.5. The summed E-state index contributed by atoms with van der Waals surface area (Å²) < 4.78 is 10.2. The van der Waals surface area contributed by atoms with Crippen LogP contribution in [-0.4, -0.2) is 35.8 Å². The van der Waals surface area contributed by atoms with Gasteiger partial charge in [-0.1, -0.05) is 6.07 Å². The lowest BCUT2D eigenvalue weighted by molar-refractivity contribution is -0.386. The molecule has 0 radical (unpaired) electrons. The van der Waals surface area contributed by atoms with Crippen molar-refractivity contribution in [3.8, 4) is 0 Å². The number of aliphatic hydroxyl groups is 1. The standard InChI is InChI=1S/C11H11NO6/c13-4-9(14)7-2-1-3-8(11(7)12(15)16)10-5-17-6-18-10/h1-3,10,13H,4-6H2. The van der Waals surface area contributed by atoms with E-state index in [1.54, 1.807) is 0 Å². The zero-order valence-corrected chi connectivity index (χ0v) is 9.37. The number of aliphatic hydroxyl groups excluding tert-OH is 1. The molecular formula is C11H11NO6. The Balaban J connectivity index is 2.51. The highest BCUT2D eigenvalue weighted by molar-refractivity contribution is 6.01. The number of carbonyl (C=O) groups excluding carboxylic acids is 1. The summed E-state index contributed by atoms with van der Waals surface area (Å²) in [4.78, 5) is 21.9. The van der Waals surface area contributed by atoms with Crippen LogP contribution >= 0.6 is 0 Å². The van der Waals surface area contributed by atoms with E-state index >= 15 is 0 Å². The minimum Gasteiger partial charge on any atom is -0.388 e. The third-order valence-corrected chi connectivity index (χ3v) is 2.66. The lowest BCUT2D eigenvalue weighted by Gasteiger charge is -2.10. The smallest absolute Gasteiger partial charge is 0.286 e. The van der Waals surface area contributed by atoms with Gasteiger partial charge in [0, 0.05) is 0 Å². The SMILES string of the molecule is O=C(CO)c1cccc(C2COCO2)c1[N+](=O)[O-]. The quantitative estimate of drug-likeness (QED) is 0.484. The Morgan fingerprint density at radius 1 is 1.56 bits per heavy atom. The molecule has 1 aromatic carbocycles. The fourth-order valence-corrected chi connectivity index (χ4v) is 1.85. The van der Waals surface area contributed by atoms with Crippen molar-refractivity contribution >= 4 is 11.5 Å². The zero-order chi connectivity index (χ0) is 13.1. The average Bonchev–Trinajstić information content (AvgIpc) is 2.90. The van der Waals surface area contributed by atoms with E-state index in [1.165, 1.54) is 18.2 Å². The maximum Gasteiger partial charge on any atom is 0.286 e. The van der Waals surface area contributed by atoms with Crippen LogP contribution in [0.4, 0.5) is 5.69 Å². The van der Waals surface area contributed by atoms with Gasteiger partial charge in [0.2, 0.25) is 0 Å². The monoisotopic (exact) mass is 253 g/mol. The van der Waals surface area contributed by atoms with E-state index in [0.717, 1.165) is 0 Å². The van der Waals surface area contributed by atoms with E-state index in [4.69, 9.17) is 14.6 Å². The molecule has 1 aliphatic heterocycles. The Morgan fingerprint density at radius 2 is 2.33 bits per heavy atom. The normalized spacial score (nSPS) is 18.8. The number of ether oxygens (including phenoxy) is 2. The van der Waals surface area contributed by atoms with E-state index in [9.17, 15) is 14.9 Å². The van der Waals surface area contributed by atoms with Crippen LogP contribution in [0.25, 0.3) is 0 Å². The molecule has 7 heteroatoms. The van der Waals surface area contributed by atoms with Crippen molar-refractivity contribution in [2.45, 2.75) is 6.10 Å². The van der Waals surface area contributed by atoms with Crippen molar-refractivity contribution in [1.29, 1.82) is 0 Å². The van der Waals surface area contributed by atoms with Gasteiger partial charge in [-0.25, -0.2) is 0 Å². The van der Waals surface area contributed by atoms with Crippen LogP contribution < -0.4 is 0 Å². The maximum atomic E-state index is 11.5. The number of nitro benzene ring substituents is 1. The topological polar surface area (TPSA) is 98.9 Å². The second-order valence-corrected chi connectivity index (χ2v) is 3.73. The number of rotatable bonds is 4. The number of Topliss-reactive ketones (excluding diaryl/α,β-unsaturated/α-hetero) is 1.